The number of nitrogens with zero attached hydrogens (tertiary/aromatic N) is 1. The van der Waals surface area contributed by atoms with Gasteiger partial charge in [0, 0.05) is 18.7 Å². The number of carbonyl (C=O) groups excluding carboxylic acids is 2. The Morgan fingerprint density at radius 3 is 2.43 bits per heavy atom. The number of likely N-dealkylation sites (N-methyl/N-ethyl adjacent to an activating group) is 1. The van der Waals surface area contributed by atoms with E-state index in [0.717, 1.165) is 5.56 Å². The van der Waals surface area contributed by atoms with Gasteiger partial charge in [0.1, 0.15) is 5.56 Å². The van der Waals surface area contributed by atoms with Crippen LogP contribution in [0, 0.1) is 6.92 Å². The molecule has 0 saturated heterocycles. The number of amides is 2. The molecule has 0 aliphatic carbocycles. The molecular weight excluding hydrogens is 294 g/mol. The van der Waals surface area contributed by atoms with Crippen molar-refractivity contribution in [3.63, 3.8) is 0 Å². The maximum atomic E-state index is 12.5. The highest BCUT2D eigenvalue weighted by Crippen LogP contribution is 2.23. The van der Waals surface area contributed by atoms with Gasteiger partial charge in [0.2, 0.25) is 5.91 Å². The van der Waals surface area contributed by atoms with Crippen molar-refractivity contribution in [1.82, 2.24) is 10.5 Å². The Morgan fingerprint density at radius 2 is 1.87 bits per heavy atom. The maximum absolute atomic E-state index is 12.5. The van der Waals surface area contributed by atoms with Crippen LogP contribution in [0.15, 0.2) is 28.8 Å². The molecule has 0 aliphatic heterocycles. The van der Waals surface area contributed by atoms with E-state index in [4.69, 9.17) is 4.52 Å². The second-order valence-electron chi connectivity index (χ2n) is 5.66. The molecule has 0 atom stereocenters. The largest absolute Gasteiger partial charge is 0.360 e. The van der Waals surface area contributed by atoms with Crippen LogP contribution in [0.1, 0.15) is 47.1 Å². The van der Waals surface area contributed by atoms with Crippen LogP contribution in [-0.4, -0.2) is 24.0 Å². The van der Waals surface area contributed by atoms with Crippen molar-refractivity contribution in [2.75, 3.05) is 12.4 Å². The summed E-state index contributed by atoms with van der Waals surface area (Å²) in [6, 6.07) is 7.17. The molecule has 122 valence electrons. The maximum Gasteiger partial charge on any atom is 0.261 e. The molecule has 1 heterocycles. The van der Waals surface area contributed by atoms with E-state index in [-0.39, 0.29) is 17.7 Å². The quantitative estimate of drug-likeness (QED) is 0.888. The lowest BCUT2D eigenvalue weighted by molar-refractivity contribution is -0.119. The Labute approximate surface area is 135 Å². The van der Waals surface area contributed by atoms with Crippen LogP contribution in [0.4, 0.5) is 5.69 Å². The van der Waals surface area contributed by atoms with Crippen LogP contribution in [0.3, 0.4) is 0 Å². The van der Waals surface area contributed by atoms with E-state index in [9.17, 15) is 9.59 Å². The van der Waals surface area contributed by atoms with Crippen molar-refractivity contribution in [3.8, 4) is 0 Å². The molecule has 23 heavy (non-hydrogen) atoms. The summed E-state index contributed by atoms with van der Waals surface area (Å²) < 4.78 is 5.24. The average Bonchev–Trinajstić information content (AvgIpc) is 2.91. The number of benzene rings is 1. The predicted molar refractivity (Wildman–Crippen MR) is 87.5 cm³/mol. The minimum absolute atomic E-state index is 0.0524. The number of hydrogen-bond donors (Lipinski definition) is 2. The fraction of sp³-hybridized carbons (Fsp3) is 0.353. The summed E-state index contributed by atoms with van der Waals surface area (Å²) in [6.45, 7) is 5.64. The molecule has 2 rings (SSSR count). The second-order valence-corrected chi connectivity index (χ2v) is 5.66. The number of nitrogens with one attached hydrogen (secondary N) is 2. The number of rotatable bonds is 5. The molecule has 6 nitrogen and oxygen atoms in total. The van der Waals surface area contributed by atoms with Gasteiger partial charge in [-0.1, -0.05) is 31.1 Å². The van der Waals surface area contributed by atoms with Gasteiger partial charge in [0.25, 0.3) is 5.91 Å². The van der Waals surface area contributed by atoms with Crippen molar-refractivity contribution in [2.24, 2.45) is 0 Å². The van der Waals surface area contributed by atoms with Gasteiger partial charge in [-0.2, -0.15) is 0 Å². The Balaban J connectivity index is 2.12. The van der Waals surface area contributed by atoms with E-state index in [1.54, 1.807) is 26.1 Å². The highest BCUT2D eigenvalue weighted by molar-refractivity contribution is 6.05. The molecule has 2 amide bonds. The van der Waals surface area contributed by atoms with Crippen molar-refractivity contribution in [2.45, 2.75) is 33.1 Å². The van der Waals surface area contributed by atoms with Gasteiger partial charge >= 0.3 is 0 Å². The molecule has 0 radical (unpaired) electrons. The fourth-order valence-corrected chi connectivity index (χ4v) is 2.23. The zero-order chi connectivity index (χ0) is 17.0. The van der Waals surface area contributed by atoms with Crippen LogP contribution >= 0.6 is 0 Å². The Kier molecular flexibility index (Phi) is 5.16. The lowest BCUT2D eigenvalue weighted by Crippen LogP contribution is -2.20. The van der Waals surface area contributed by atoms with E-state index >= 15 is 0 Å². The van der Waals surface area contributed by atoms with Crippen LogP contribution in [0.25, 0.3) is 0 Å². The summed E-state index contributed by atoms with van der Waals surface area (Å²) in [6.07, 6.45) is 0.312. The van der Waals surface area contributed by atoms with E-state index in [1.165, 1.54) is 0 Å². The van der Waals surface area contributed by atoms with Gasteiger partial charge < -0.3 is 15.2 Å². The summed E-state index contributed by atoms with van der Waals surface area (Å²) in [7, 11) is 1.60. The third-order valence-electron chi connectivity index (χ3n) is 3.50. The lowest BCUT2D eigenvalue weighted by atomic mass is 10.0. The molecule has 2 aromatic rings. The normalized spacial score (nSPS) is 10.7. The molecule has 2 N–H and O–H groups in total. The molecule has 0 fully saturated rings. The second kappa shape index (κ2) is 7.09. The monoisotopic (exact) mass is 315 g/mol. The first-order chi connectivity index (χ1) is 10.9. The van der Waals surface area contributed by atoms with Crippen LogP contribution in [0.2, 0.25) is 0 Å². The lowest BCUT2D eigenvalue weighted by Gasteiger charge is -2.08. The molecule has 6 heteroatoms. The van der Waals surface area contributed by atoms with Gasteiger partial charge in [-0.3, -0.25) is 9.59 Å². The van der Waals surface area contributed by atoms with Crippen molar-refractivity contribution < 1.29 is 14.1 Å². The summed E-state index contributed by atoms with van der Waals surface area (Å²) in [5.41, 5.74) is 2.59. The van der Waals surface area contributed by atoms with Crippen molar-refractivity contribution in [1.29, 1.82) is 0 Å². The van der Waals surface area contributed by atoms with Gasteiger partial charge in [0.15, 0.2) is 5.76 Å². The van der Waals surface area contributed by atoms with Gasteiger partial charge in [-0.15, -0.1) is 0 Å². The molecule has 0 unspecified atom stereocenters. The Hall–Kier alpha value is -2.63. The zero-order valence-corrected chi connectivity index (χ0v) is 13.8. The molecule has 0 saturated carbocycles. The van der Waals surface area contributed by atoms with E-state index < -0.39 is 0 Å². The van der Waals surface area contributed by atoms with Crippen molar-refractivity contribution in [3.05, 3.63) is 46.8 Å². The molecule has 1 aromatic heterocycles. The fourth-order valence-electron chi connectivity index (χ4n) is 2.23. The number of hydrogen-bond acceptors (Lipinski definition) is 4. The minimum atomic E-state index is -0.244. The van der Waals surface area contributed by atoms with Gasteiger partial charge in [-0.05, 0) is 24.6 Å². The standard InChI is InChI=1S/C17H21N3O3/c1-10(2)16-15(11(3)20-23-16)17(22)19-13-7-5-12(6-8-13)9-14(21)18-4/h5-8,10H,9H2,1-4H3,(H,18,21)(H,19,22). The highest BCUT2D eigenvalue weighted by atomic mass is 16.5. The molecule has 0 aliphatic rings. The zero-order valence-electron chi connectivity index (χ0n) is 13.8. The Bertz CT molecular complexity index is 702. The smallest absolute Gasteiger partial charge is 0.261 e. The molecule has 1 aromatic carbocycles. The van der Waals surface area contributed by atoms with E-state index in [1.807, 2.05) is 26.0 Å². The SMILES string of the molecule is CNC(=O)Cc1ccc(NC(=O)c2c(C)noc2C(C)C)cc1. The number of anilines is 1. The summed E-state index contributed by atoms with van der Waals surface area (Å²) in [4.78, 5) is 23.8. The topological polar surface area (TPSA) is 84.2 Å². The van der Waals surface area contributed by atoms with Crippen LogP contribution in [0.5, 0.6) is 0 Å². The third kappa shape index (κ3) is 3.97. The highest BCUT2D eigenvalue weighted by Gasteiger charge is 2.22. The minimum Gasteiger partial charge on any atom is -0.360 e. The van der Waals surface area contributed by atoms with Crippen LogP contribution < -0.4 is 10.6 Å². The molecule has 0 spiro atoms. The summed E-state index contributed by atoms with van der Waals surface area (Å²) in [5.74, 6) is 0.359. The number of aryl methyl sites for hydroxylation is 1. The third-order valence-corrected chi connectivity index (χ3v) is 3.50. The Morgan fingerprint density at radius 1 is 1.22 bits per heavy atom. The summed E-state index contributed by atoms with van der Waals surface area (Å²) >= 11 is 0. The number of aromatic nitrogens is 1. The predicted octanol–water partition coefficient (Wildman–Crippen LogP) is 2.65. The van der Waals surface area contributed by atoms with E-state index in [0.29, 0.717) is 29.1 Å². The van der Waals surface area contributed by atoms with Crippen molar-refractivity contribution >= 4 is 17.5 Å². The molecule has 0 bridgehead atoms. The number of carbonyl (C=O) groups is 2. The molecular formula is C17H21N3O3. The summed E-state index contributed by atoms with van der Waals surface area (Å²) in [5, 5.41) is 9.29. The first-order valence-electron chi connectivity index (χ1n) is 7.49. The van der Waals surface area contributed by atoms with Crippen LogP contribution in [-0.2, 0) is 11.2 Å². The first-order valence-corrected chi connectivity index (χ1v) is 7.49. The van der Waals surface area contributed by atoms with Gasteiger partial charge in [-0.25, -0.2) is 0 Å². The van der Waals surface area contributed by atoms with Gasteiger partial charge in [0.05, 0.1) is 12.1 Å². The average molecular weight is 315 g/mol. The van der Waals surface area contributed by atoms with E-state index in [2.05, 4.69) is 15.8 Å². The first kappa shape index (κ1) is 16.7.